The molecule has 2 N–H and O–H groups in total. The van der Waals surface area contributed by atoms with E-state index in [4.69, 9.17) is 5.73 Å². The first-order chi connectivity index (χ1) is 8.19. The summed E-state index contributed by atoms with van der Waals surface area (Å²) in [6, 6.07) is 1.73. The minimum atomic E-state index is 0.526. The number of nitrogens with zero attached hydrogens (tertiary/aromatic N) is 3. The van der Waals surface area contributed by atoms with Gasteiger partial charge in [0.05, 0.1) is 0 Å². The Morgan fingerprint density at radius 2 is 2.24 bits per heavy atom. The Morgan fingerprint density at radius 1 is 1.41 bits per heavy atom. The molecule has 2 rings (SSSR count). The summed E-state index contributed by atoms with van der Waals surface area (Å²) in [4.78, 5) is 11.0. The Kier molecular flexibility index (Phi) is 4.20. The smallest absolute Gasteiger partial charge is 0.228 e. The fraction of sp³-hybridized carbons (Fsp3) is 0.667. The van der Waals surface area contributed by atoms with Crippen molar-refractivity contribution in [1.82, 2.24) is 9.97 Å². The van der Waals surface area contributed by atoms with Crippen LogP contribution in [0.15, 0.2) is 10.7 Å². The van der Waals surface area contributed by atoms with Crippen LogP contribution < -0.4 is 10.6 Å². The molecular weight excluding hydrogens is 280 g/mol. The van der Waals surface area contributed by atoms with Crippen molar-refractivity contribution in [3.63, 3.8) is 0 Å². The van der Waals surface area contributed by atoms with Gasteiger partial charge in [-0.25, -0.2) is 4.98 Å². The Hall–Kier alpha value is -0.840. The Labute approximate surface area is 111 Å². The quantitative estimate of drug-likeness (QED) is 0.853. The largest absolute Gasteiger partial charge is 0.383 e. The molecule has 4 nitrogen and oxygen atoms in total. The highest BCUT2D eigenvalue weighted by Gasteiger charge is 2.18. The second-order valence-corrected chi connectivity index (χ2v) is 5.42. The molecule has 17 heavy (non-hydrogen) atoms. The van der Waals surface area contributed by atoms with Crippen LogP contribution in [0.1, 0.15) is 32.6 Å². The molecule has 2 heterocycles. The SMILES string of the molecule is CCC1CCCN(c2nc(N)cc(Br)n2)CC1. The van der Waals surface area contributed by atoms with E-state index >= 15 is 0 Å². The molecule has 1 saturated heterocycles. The molecular formula is C12H19BrN4. The van der Waals surface area contributed by atoms with Gasteiger partial charge in [0.25, 0.3) is 0 Å². The molecule has 1 unspecified atom stereocenters. The van der Waals surface area contributed by atoms with E-state index in [2.05, 4.69) is 37.7 Å². The number of anilines is 2. The Bertz CT molecular complexity index is 363. The van der Waals surface area contributed by atoms with E-state index < -0.39 is 0 Å². The molecule has 1 aromatic rings. The molecule has 5 heteroatoms. The van der Waals surface area contributed by atoms with Crippen molar-refractivity contribution < 1.29 is 0 Å². The van der Waals surface area contributed by atoms with Crippen LogP contribution in [0.25, 0.3) is 0 Å². The fourth-order valence-electron chi connectivity index (χ4n) is 2.34. The summed E-state index contributed by atoms with van der Waals surface area (Å²) in [6.45, 7) is 4.34. The van der Waals surface area contributed by atoms with E-state index in [1.165, 1.54) is 25.7 Å². The molecule has 1 aliphatic rings. The number of hydrogen-bond donors (Lipinski definition) is 1. The van der Waals surface area contributed by atoms with Gasteiger partial charge in [0, 0.05) is 19.2 Å². The maximum Gasteiger partial charge on any atom is 0.228 e. The molecule has 0 saturated carbocycles. The van der Waals surface area contributed by atoms with Crippen LogP contribution in [0.3, 0.4) is 0 Å². The van der Waals surface area contributed by atoms with Gasteiger partial charge in [0.15, 0.2) is 0 Å². The molecule has 0 aliphatic carbocycles. The predicted molar refractivity (Wildman–Crippen MR) is 74.0 cm³/mol. The van der Waals surface area contributed by atoms with Crippen LogP contribution in [0.2, 0.25) is 0 Å². The number of hydrogen-bond acceptors (Lipinski definition) is 4. The number of rotatable bonds is 2. The lowest BCUT2D eigenvalue weighted by Gasteiger charge is -2.20. The molecule has 1 aliphatic heterocycles. The van der Waals surface area contributed by atoms with E-state index in [-0.39, 0.29) is 0 Å². The number of nitrogens with two attached hydrogens (primary N) is 1. The van der Waals surface area contributed by atoms with E-state index in [1.807, 2.05) is 0 Å². The van der Waals surface area contributed by atoms with E-state index in [9.17, 15) is 0 Å². The lowest BCUT2D eigenvalue weighted by Crippen LogP contribution is -2.26. The summed E-state index contributed by atoms with van der Waals surface area (Å²) in [6.07, 6.45) is 5.03. The van der Waals surface area contributed by atoms with Crippen LogP contribution in [-0.4, -0.2) is 23.1 Å². The van der Waals surface area contributed by atoms with Gasteiger partial charge in [0.1, 0.15) is 10.4 Å². The van der Waals surface area contributed by atoms with Crippen LogP contribution in [0, 0.1) is 5.92 Å². The summed E-state index contributed by atoms with van der Waals surface area (Å²) < 4.78 is 0.760. The van der Waals surface area contributed by atoms with Crippen LogP contribution >= 0.6 is 15.9 Å². The van der Waals surface area contributed by atoms with Crippen LogP contribution in [0.4, 0.5) is 11.8 Å². The van der Waals surface area contributed by atoms with Gasteiger partial charge in [-0.05, 0) is 41.1 Å². The van der Waals surface area contributed by atoms with Gasteiger partial charge in [-0.2, -0.15) is 4.98 Å². The zero-order valence-electron chi connectivity index (χ0n) is 10.2. The summed E-state index contributed by atoms with van der Waals surface area (Å²) in [5, 5.41) is 0. The van der Waals surface area contributed by atoms with Crippen molar-refractivity contribution in [2.75, 3.05) is 23.7 Å². The molecule has 1 aromatic heterocycles. The van der Waals surface area contributed by atoms with Gasteiger partial charge >= 0.3 is 0 Å². The Balaban J connectivity index is 2.11. The minimum absolute atomic E-state index is 0.526. The summed E-state index contributed by atoms with van der Waals surface area (Å²) >= 11 is 3.37. The molecule has 0 aromatic carbocycles. The molecule has 0 radical (unpaired) electrons. The van der Waals surface area contributed by atoms with Crippen molar-refractivity contribution in [2.24, 2.45) is 5.92 Å². The zero-order chi connectivity index (χ0) is 12.3. The van der Waals surface area contributed by atoms with Crippen molar-refractivity contribution in [1.29, 1.82) is 0 Å². The Morgan fingerprint density at radius 3 is 2.94 bits per heavy atom. The second kappa shape index (κ2) is 5.67. The lowest BCUT2D eigenvalue weighted by atomic mass is 9.98. The number of halogens is 1. The average Bonchev–Trinajstić information content (AvgIpc) is 2.52. The molecule has 0 bridgehead atoms. The van der Waals surface area contributed by atoms with E-state index in [1.54, 1.807) is 6.07 Å². The second-order valence-electron chi connectivity index (χ2n) is 4.61. The third kappa shape index (κ3) is 3.31. The van der Waals surface area contributed by atoms with Crippen molar-refractivity contribution in [2.45, 2.75) is 32.6 Å². The maximum atomic E-state index is 5.75. The third-order valence-corrected chi connectivity index (χ3v) is 3.82. The van der Waals surface area contributed by atoms with Crippen LogP contribution in [0.5, 0.6) is 0 Å². The van der Waals surface area contributed by atoms with Crippen molar-refractivity contribution >= 4 is 27.7 Å². The molecule has 94 valence electrons. The third-order valence-electron chi connectivity index (χ3n) is 3.41. The molecule has 1 fully saturated rings. The first-order valence-electron chi connectivity index (χ1n) is 6.24. The van der Waals surface area contributed by atoms with Gasteiger partial charge in [-0.3, -0.25) is 0 Å². The highest BCUT2D eigenvalue weighted by atomic mass is 79.9. The van der Waals surface area contributed by atoms with Gasteiger partial charge < -0.3 is 10.6 Å². The van der Waals surface area contributed by atoms with E-state index in [0.717, 1.165) is 29.6 Å². The van der Waals surface area contributed by atoms with E-state index in [0.29, 0.717) is 5.82 Å². The van der Waals surface area contributed by atoms with Crippen molar-refractivity contribution in [3.8, 4) is 0 Å². The standard InChI is InChI=1S/C12H19BrN4/c1-2-9-4-3-6-17(7-5-9)12-15-10(13)8-11(14)16-12/h8-9H,2-7H2,1H3,(H2,14,15,16). The van der Waals surface area contributed by atoms with Crippen molar-refractivity contribution in [3.05, 3.63) is 10.7 Å². The summed E-state index contributed by atoms with van der Waals surface area (Å²) in [5.41, 5.74) is 5.75. The summed E-state index contributed by atoms with van der Waals surface area (Å²) in [7, 11) is 0. The predicted octanol–water partition coefficient (Wildman–Crippen LogP) is 2.84. The molecule has 0 amide bonds. The zero-order valence-corrected chi connectivity index (χ0v) is 11.8. The highest BCUT2D eigenvalue weighted by molar-refractivity contribution is 9.10. The van der Waals surface area contributed by atoms with Crippen LogP contribution in [-0.2, 0) is 0 Å². The summed E-state index contributed by atoms with van der Waals surface area (Å²) in [5.74, 6) is 2.14. The molecule has 0 spiro atoms. The first kappa shape index (κ1) is 12.6. The number of nitrogen functional groups attached to an aromatic ring is 1. The lowest BCUT2D eigenvalue weighted by molar-refractivity contribution is 0.459. The van der Waals surface area contributed by atoms with Gasteiger partial charge in [-0.15, -0.1) is 0 Å². The maximum absolute atomic E-state index is 5.75. The normalized spacial score (nSPS) is 21.3. The fourth-order valence-corrected chi connectivity index (χ4v) is 2.73. The monoisotopic (exact) mass is 298 g/mol. The minimum Gasteiger partial charge on any atom is -0.383 e. The first-order valence-corrected chi connectivity index (χ1v) is 7.03. The highest BCUT2D eigenvalue weighted by Crippen LogP contribution is 2.23. The molecule has 1 atom stereocenters. The number of aromatic nitrogens is 2. The topological polar surface area (TPSA) is 55.0 Å². The van der Waals surface area contributed by atoms with Gasteiger partial charge in [0.2, 0.25) is 5.95 Å². The van der Waals surface area contributed by atoms with Gasteiger partial charge in [-0.1, -0.05) is 13.3 Å². The average molecular weight is 299 g/mol.